The van der Waals surface area contributed by atoms with E-state index in [0.717, 1.165) is 0 Å². The van der Waals surface area contributed by atoms with Crippen LogP contribution in [0.4, 0.5) is 8.78 Å². The average Bonchev–Trinajstić information content (AvgIpc) is 2.40. The lowest BCUT2D eigenvalue weighted by Gasteiger charge is -2.15. The minimum Gasteiger partial charge on any atom is -0.466 e. The summed E-state index contributed by atoms with van der Waals surface area (Å²) in [5, 5.41) is 8.92. The van der Waals surface area contributed by atoms with E-state index in [1.807, 2.05) is 6.07 Å². The Balaban J connectivity index is 3.22. The predicted molar refractivity (Wildman–Crippen MR) is 66.0 cm³/mol. The third-order valence-corrected chi connectivity index (χ3v) is 2.51. The van der Waals surface area contributed by atoms with Crippen molar-refractivity contribution in [3.63, 3.8) is 0 Å². The highest BCUT2D eigenvalue weighted by atomic mass is 19.3. The molecule has 0 saturated carbocycles. The van der Waals surface area contributed by atoms with Gasteiger partial charge in [0.1, 0.15) is 5.75 Å². The summed E-state index contributed by atoms with van der Waals surface area (Å²) in [5.74, 6) is -0.797. The normalized spacial score (nSPS) is 10.2. The van der Waals surface area contributed by atoms with Crippen LogP contribution >= 0.6 is 0 Å². The van der Waals surface area contributed by atoms with Crippen LogP contribution in [0, 0.1) is 11.3 Å². The molecule has 7 heteroatoms. The Morgan fingerprint density at radius 1 is 1.50 bits per heavy atom. The average molecular weight is 284 g/mol. The molecule has 0 unspecified atom stereocenters. The van der Waals surface area contributed by atoms with E-state index in [1.165, 1.54) is 12.1 Å². The van der Waals surface area contributed by atoms with Crippen molar-refractivity contribution in [3.05, 3.63) is 28.8 Å². The van der Waals surface area contributed by atoms with E-state index >= 15 is 0 Å². The van der Waals surface area contributed by atoms with Crippen molar-refractivity contribution in [2.24, 2.45) is 5.73 Å². The lowest BCUT2D eigenvalue weighted by atomic mass is 10.0. The second kappa shape index (κ2) is 7.40. The van der Waals surface area contributed by atoms with Crippen LogP contribution in [0.25, 0.3) is 0 Å². The van der Waals surface area contributed by atoms with Gasteiger partial charge in [-0.05, 0) is 13.0 Å². The number of halogens is 2. The van der Waals surface area contributed by atoms with E-state index in [-0.39, 0.29) is 42.0 Å². The predicted octanol–water partition coefficient (Wildman–Crippen LogP) is 1.72. The summed E-state index contributed by atoms with van der Waals surface area (Å²) in [6, 6.07) is 4.64. The number of hydrogen-bond donors (Lipinski definition) is 1. The molecule has 2 N–H and O–H groups in total. The number of carbonyl (C=O) groups is 1. The Morgan fingerprint density at radius 3 is 2.70 bits per heavy atom. The maximum absolute atomic E-state index is 12.5. The Kier molecular flexibility index (Phi) is 5.87. The zero-order valence-corrected chi connectivity index (χ0v) is 10.9. The molecule has 0 amide bonds. The Hall–Kier alpha value is -2.20. The van der Waals surface area contributed by atoms with E-state index in [4.69, 9.17) is 15.7 Å². The molecule has 0 saturated heterocycles. The summed E-state index contributed by atoms with van der Waals surface area (Å²) >= 11 is 0. The van der Waals surface area contributed by atoms with Gasteiger partial charge in [-0.15, -0.1) is 0 Å². The summed E-state index contributed by atoms with van der Waals surface area (Å²) in [6.07, 6.45) is -0.228. The Bertz CT molecular complexity index is 527. The number of nitrogens with two attached hydrogens (primary N) is 1. The first-order chi connectivity index (χ1) is 9.53. The van der Waals surface area contributed by atoms with Crippen LogP contribution in [-0.4, -0.2) is 19.2 Å². The van der Waals surface area contributed by atoms with E-state index in [2.05, 4.69) is 4.74 Å². The summed E-state index contributed by atoms with van der Waals surface area (Å²) in [4.78, 5) is 11.4. The molecule has 1 aromatic rings. The summed E-state index contributed by atoms with van der Waals surface area (Å²) in [6.45, 7) is -1.40. The number of alkyl halides is 2. The standard InChI is InChI=1S/C13H14F2N2O3/c1-2-19-11(18)5-8-3-4-9(6-16)10(7-17)12(8)20-13(14)15/h3-4,13H,2,5,7,17H2,1H3. The van der Waals surface area contributed by atoms with E-state index in [9.17, 15) is 13.6 Å². The topological polar surface area (TPSA) is 85.3 Å². The van der Waals surface area contributed by atoms with Gasteiger partial charge < -0.3 is 15.2 Å². The largest absolute Gasteiger partial charge is 0.466 e. The van der Waals surface area contributed by atoms with Crippen molar-refractivity contribution < 1.29 is 23.0 Å². The highest BCUT2D eigenvalue weighted by Gasteiger charge is 2.19. The molecule has 5 nitrogen and oxygen atoms in total. The van der Waals surface area contributed by atoms with Crippen molar-refractivity contribution in [2.75, 3.05) is 6.61 Å². The highest BCUT2D eigenvalue weighted by molar-refractivity contribution is 5.74. The first-order valence-electron chi connectivity index (χ1n) is 5.88. The molecule has 1 aromatic carbocycles. The fraction of sp³-hybridized carbons (Fsp3) is 0.385. The van der Waals surface area contributed by atoms with Crippen LogP contribution in [0.1, 0.15) is 23.6 Å². The van der Waals surface area contributed by atoms with Gasteiger partial charge in [0.15, 0.2) is 0 Å². The van der Waals surface area contributed by atoms with Crippen molar-refractivity contribution >= 4 is 5.97 Å². The van der Waals surface area contributed by atoms with Crippen LogP contribution in [0.3, 0.4) is 0 Å². The third kappa shape index (κ3) is 3.90. The second-order valence-electron chi connectivity index (χ2n) is 3.76. The summed E-state index contributed by atoms with van der Waals surface area (Å²) < 4.78 is 34.1. The summed E-state index contributed by atoms with van der Waals surface area (Å²) in [7, 11) is 0. The first kappa shape index (κ1) is 15.9. The number of esters is 1. The Morgan fingerprint density at radius 2 is 2.20 bits per heavy atom. The number of nitrogens with zero attached hydrogens (tertiary/aromatic N) is 1. The lowest BCUT2D eigenvalue weighted by Crippen LogP contribution is -2.14. The van der Waals surface area contributed by atoms with Crippen LogP contribution < -0.4 is 10.5 Å². The fourth-order valence-electron chi connectivity index (χ4n) is 1.73. The number of benzene rings is 1. The molecule has 0 aromatic heterocycles. The van der Waals surface area contributed by atoms with E-state index < -0.39 is 12.6 Å². The van der Waals surface area contributed by atoms with Gasteiger partial charge in [0.05, 0.1) is 24.7 Å². The van der Waals surface area contributed by atoms with Crippen LogP contribution in [0.5, 0.6) is 5.75 Å². The lowest BCUT2D eigenvalue weighted by molar-refractivity contribution is -0.142. The molecule has 108 valence electrons. The van der Waals surface area contributed by atoms with Gasteiger partial charge >= 0.3 is 12.6 Å². The molecule has 0 aliphatic carbocycles. The van der Waals surface area contributed by atoms with Crippen LogP contribution in [0.15, 0.2) is 12.1 Å². The molecule has 1 rings (SSSR count). The SMILES string of the molecule is CCOC(=O)Cc1ccc(C#N)c(CN)c1OC(F)F. The molecule has 20 heavy (non-hydrogen) atoms. The number of rotatable bonds is 6. The summed E-state index contributed by atoms with van der Waals surface area (Å²) in [5.41, 5.74) is 5.96. The third-order valence-electron chi connectivity index (χ3n) is 2.51. The fourth-order valence-corrected chi connectivity index (χ4v) is 1.73. The molecule has 0 aliphatic heterocycles. The highest BCUT2D eigenvalue weighted by Crippen LogP contribution is 2.29. The Labute approximate surface area is 114 Å². The minimum absolute atomic E-state index is 0.135. The van der Waals surface area contributed by atoms with Gasteiger partial charge in [-0.25, -0.2) is 0 Å². The monoisotopic (exact) mass is 284 g/mol. The van der Waals surface area contributed by atoms with Crippen molar-refractivity contribution in [1.29, 1.82) is 5.26 Å². The maximum atomic E-state index is 12.5. The molecule has 0 bridgehead atoms. The van der Waals surface area contributed by atoms with Gasteiger partial charge in [-0.1, -0.05) is 6.07 Å². The van der Waals surface area contributed by atoms with E-state index in [0.29, 0.717) is 0 Å². The first-order valence-corrected chi connectivity index (χ1v) is 5.88. The molecule has 0 spiro atoms. The number of hydrogen-bond acceptors (Lipinski definition) is 5. The van der Waals surface area contributed by atoms with Gasteiger partial charge in [-0.3, -0.25) is 4.79 Å². The molecule has 0 radical (unpaired) electrons. The molecule has 0 fully saturated rings. The second-order valence-corrected chi connectivity index (χ2v) is 3.76. The molecular weight excluding hydrogens is 270 g/mol. The maximum Gasteiger partial charge on any atom is 0.387 e. The number of nitriles is 1. The van der Waals surface area contributed by atoms with Gasteiger partial charge in [0, 0.05) is 17.7 Å². The van der Waals surface area contributed by atoms with Gasteiger partial charge in [-0.2, -0.15) is 14.0 Å². The minimum atomic E-state index is -3.07. The zero-order chi connectivity index (χ0) is 15.1. The molecular formula is C13H14F2N2O3. The van der Waals surface area contributed by atoms with Crippen LogP contribution in [0.2, 0.25) is 0 Å². The number of ether oxygens (including phenoxy) is 2. The molecule has 0 heterocycles. The quantitative estimate of drug-likeness (QED) is 0.804. The van der Waals surface area contributed by atoms with E-state index in [1.54, 1.807) is 6.92 Å². The zero-order valence-electron chi connectivity index (χ0n) is 10.9. The van der Waals surface area contributed by atoms with Crippen molar-refractivity contribution in [1.82, 2.24) is 0 Å². The van der Waals surface area contributed by atoms with Crippen molar-refractivity contribution in [2.45, 2.75) is 26.5 Å². The molecule has 0 aliphatic rings. The number of carbonyl (C=O) groups excluding carboxylic acids is 1. The van der Waals surface area contributed by atoms with Gasteiger partial charge in [0.2, 0.25) is 0 Å². The smallest absolute Gasteiger partial charge is 0.387 e. The molecule has 0 atom stereocenters. The van der Waals surface area contributed by atoms with Crippen LogP contribution in [-0.2, 0) is 22.5 Å². The van der Waals surface area contributed by atoms with Gasteiger partial charge in [0.25, 0.3) is 0 Å². The van der Waals surface area contributed by atoms with Crippen molar-refractivity contribution in [3.8, 4) is 11.8 Å².